The molecule has 0 saturated carbocycles. The molecule has 4 heteroatoms. The molecule has 0 saturated heterocycles. The molecule has 102 valence electrons. The first-order valence-corrected chi connectivity index (χ1v) is 6.63. The highest BCUT2D eigenvalue weighted by atomic mass is 35.5. The molecular weight excluding hydrogens is 272 g/mol. The fourth-order valence-corrected chi connectivity index (χ4v) is 2.03. The van der Waals surface area contributed by atoms with E-state index in [1.165, 1.54) is 5.56 Å². The van der Waals surface area contributed by atoms with E-state index in [1.807, 2.05) is 42.5 Å². The van der Waals surface area contributed by atoms with Gasteiger partial charge in [0.05, 0.1) is 12.7 Å². The highest BCUT2D eigenvalue weighted by Crippen LogP contribution is 2.18. The van der Waals surface area contributed by atoms with Crippen LogP contribution in [0.25, 0.3) is 0 Å². The van der Waals surface area contributed by atoms with Crippen LogP contribution in [0.1, 0.15) is 16.7 Å². The van der Waals surface area contributed by atoms with Crippen LogP contribution in [0.4, 0.5) is 0 Å². The van der Waals surface area contributed by atoms with E-state index in [-0.39, 0.29) is 0 Å². The summed E-state index contributed by atoms with van der Waals surface area (Å²) < 4.78 is 5.12. The summed E-state index contributed by atoms with van der Waals surface area (Å²) >= 11 is 5.84. The maximum absolute atomic E-state index is 9.04. The highest BCUT2D eigenvalue weighted by molar-refractivity contribution is 6.30. The van der Waals surface area contributed by atoms with Crippen LogP contribution in [-0.4, -0.2) is 7.11 Å². The Kier molecular flexibility index (Phi) is 5.00. The van der Waals surface area contributed by atoms with Gasteiger partial charge < -0.3 is 10.1 Å². The van der Waals surface area contributed by atoms with Gasteiger partial charge in [-0.3, -0.25) is 0 Å². The molecule has 20 heavy (non-hydrogen) atoms. The number of nitriles is 1. The largest absolute Gasteiger partial charge is 0.495 e. The Morgan fingerprint density at radius 2 is 1.75 bits per heavy atom. The molecule has 0 radical (unpaired) electrons. The SMILES string of the molecule is COc1ccc(CNCc2ccc(Cl)cc2)cc1C#N. The monoisotopic (exact) mass is 286 g/mol. The second-order valence-electron chi connectivity index (χ2n) is 4.38. The molecule has 0 aliphatic rings. The van der Waals surface area contributed by atoms with Crippen LogP contribution < -0.4 is 10.1 Å². The molecule has 1 N–H and O–H groups in total. The normalized spacial score (nSPS) is 10.1. The van der Waals surface area contributed by atoms with Crippen LogP contribution in [0.15, 0.2) is 42.5 Å². The lowest BCUT2D eigenvalue weighted by atomic mass is 10.1. The molecule has 3 nitrogen and oxygen atoms in total. The molecular formula is C16H15ClN2O. The van der Waals surface area contributed by atoms with E-state index >= 15 is 0 Å². The van der Waals surface area contributed by atoms with Gasteiger partial charge in [0, 0.05) is 18.1 Å². The number of hydrogen-bond donors (Lipinski definition) is 1. The minimum atomic E-state index is 0.554. The topological polar surface area (TPSA) is 45.0 Å². The van der Waals surface area contributed by atoms with Crippen LogP contribution in [0.3, 0.4) is 0 Å². The lowest BCUT2D eigenvalue weighted by molar-refractivity contribution is 0.413. The lowest BCUT2D eigenvalue weighted by Gasteiger charge is -2.08. The van der Waals surface area contributed by atoms with Gasteiger partial charge >= 0.3 is 0 Å². The first-order chi connectivity index (χ1) is 9.72. The van der Waals surface area contributed by atoms with Crippen molar-refractivity contribution in [2.75, 3.05) is 7.11 Å². The Morgan fingerprint density at radius 3 is 2.40 bits per heavy atom. The zero-order valence-corrected chi connectivity index (χ0v) is 11.9. The minimum absolute atomic E-state index is 0.554. The van der Waals surface area contributed by atoms with Crippen molar-refractivity contribution in [2.24, 2.45) is 0 Å². The van der Waals surface area contributed by atoms with Crippen molar-refractivity contribution in [1.29, 1.82) is 5.26 Å². The van der Waals surface area contributed by atoms with Crippen molar-refractivity contribution in [2.45, 2.75) is 13.1 Å². The van der Waals surface area contributed by atoms with Gasteiger partial charge in [0.25, 0.3) is 0 Å². The molecule has 0 heterocycles. The van der Waals surface area contributed by atoms with Crippen LogP contribution in [-0.2, 0) is 13.1 Å². The number of nitrogens with zero attached hydrogens (tertiary/aromatic N) is 1. The number of rotatable bonds is 5. The molecule has 0 spiro atoms. The molecule has 0 unspecified atom stereocenters. The Balaban J connectivity index is 1.94. The summed E-state index contributed by atoms with van der Waals surface area (Å²) in [7, 11) is 1.56. The average molecular weight is 287 g/mol. The van der Waals surface area contributed by atoms with Gasteiger partial charge in [-0.15, -0.1) is 0 Å². The summed E-state index contributed by atoms with van der Waals surface area (Å²) in [4.78, 5) is 0. The highest BCUT2D eigenvalue weighted by Gasteiger charge is 2.03. The van der Waals surface area contributed by atoms with Crippen molar-refractivity contribution >= 4 is 11.6 Å². The summed E-state index contributed by atoms with van der Waals surface area (Å²) in [5.74, 6) is 0.606. The fraction of sp³-hybridized carbons (Fsp3) is 0.188. The quantitative estimate of drug-likeness (QED) is 0.915. The summed E-state index contributed by atoms with van der Waals surface area (Å²) in [6.45, 7) is 1.45. The summed E-state index contributed by atoms with van der Waals surface area (Å²) in [6.07, 6.45) is 0. The van der Waals surface area contributed by atoms with Gasteiger partial charge in [-0.05, 0) is 35.4 Å². The van der Waals surface area contributed by atoms with Crippen LogP contribution in [0.5, 0.6) is 5.75 Å². The van der Waals surface area contributed by atoms with Gasteiger partial charge in [0.15, 0.2) is 0 Å². The molecule has 0 atom stereocenters. The van der Waals surface area contributed by atoms with Gasteiger partial charge in [-0.25, -0.2) is 0 Å². The van der Waals surface area contributed by atoms with Gasteiger partial charge in [-0.1, -0.05) is 29.8 Å². The lowest BCUT2D eigenvalue weighted by Crippen LogP contribution is -2.12. The van der Waals surface area contributed by atoms with Gasteiger partial charge in [0.1, 0.15) is 11.8 Å². The molecule has 0 aliphatic carbocycles. The van der Waals surface area contributed by atoms with E-state index in [2.05, 4.69) is 11.4 Å². The molecule has 0 aliphatic heterocycles. The zero-order valence-electron chi connectivity index (χ0n) is 11.2. The predicted octanol–water partition coefficient (Wildman–Crippen LogP) is 3.51. The Morgan fingerprint density at radius 1 is 1.10 bits per heavy atom. The van der Waals surface area contributed by atoms with E-state index in [1.54, 1.807) is 7.11 Å². The molecule has 2 aromatic carbocycles. The maximum Gasteiger partial charge on any atom is 0.136 e. The number of nitrogens with one attached hydrogen (secondary N) is 1. The second-order valence-corrected chi connectivity index (χ2v) is 4.81. The number of halogens is 1. The zero-order chi connectivity index (χ0) is 14.4. The Hall–Kier alpha value is -2.02. The third-order valence-electron chi connectivity index (χ3n) is 2.96. The van der Waals surface area contributed by atoms with Gasteiger partial charge in [0.2, 0.25) is 0 Å². The standard InChI is InChI=1S/C16H15ClN2O/c1-20-16-7-4-13(8-14(16)9-18)11-19-10-12-2-5-15(17)6-3-12/h2-8,19H,10-11H2,1H3. The summed E-state index contributed by atoms with van der Waals surface area (Å²) in [5, 5.41) is 13.1. The number of hydrogen-bond acceptors (Lipinski definition) is 3. The summed E-state index contributed by atoms with van der Waals surface area (Å²) in [6, 6.07) is 15.5. The van der Waals surface area contributed by atoms with Crippen molar-refractivity contribution in [3.63, 3.8) is 0 Å². The summed E-state index contributed by atoms with van der Waals surface area (Å²) in [5.41, 5.74) is 2.78. The third-order valence-corrected chi connectivity index (χ3v) is 3.21. The Bertz CT molecular complexity index is 617. The van der Waals surface area contributed by atoms with Crippen molar-refractivity contribution in [3.8, 4) is 11.8 Å². The van der Waals surface area contributed by atoms with E-state index in [0.717, 1.165) is 17.1 Å². The number of methoxy groups -OCH3 is 1. The third kappa shape index (κ3) is 3.74. The van der Waals surface area contributed by atoms with E-state index < -0.39 is 0 Å². The van der Waals surface area contributed by atoms with Crippen molar-refractivity contribution in [3.05, 3.63) is 64.2 Å². The van der Waals surface area contributed by atoms with E-state index in [0.29, 0.717) is 17.9 Å². The van der Waals surface area contributed by atoms with Crippen LogP contribution in [0, 0.1) is 11.3 Å². The smallest absolute Gasteiger partial charge is 0.136 e. The molecule has 0 bridgehead atoms. The average Bonchev–Trinajstić information content (AvgIpc) is 2.49. The van der Waals surface area contributed by atoms with E-state index in [4.69, 9.17) is 21.6 Å². The second kappa shape index (κ2) is 6.95. The Labute approximate surface area is 123 Å². The molecule has 0 fully saturated rings. The van der Waals surface area contributed by atoms with Crippen LogP contribution >= 0.6 is 11.6 Å². The van der Waals surface area contributed by atoms with Crippen molar-refractivity contribution in [1.82, 2.24) is 5.32 Å². The number of ether oxygens (including phenoxy) is 1. The first-order valence-electron chi connectivity index (χ1n) is 6.25. The molecule has 2 aromatic rings. The predicted molar refractivity (Wildman–Crippen MR) is 79.7 cm³/mol. The minimum Gasteiger partial charge on any atom is -0.495 e. The number of benzene rings is 2. The molecule has 0 aromatic heterocycles. The molecule has 2 rings (SSSR count). The molecule has 0 amide bonds. The van der Waals surface area contributed by atoms with E-state index in [9.17, 15) is 0 Å². The van der Waals surface area contributed by atoms with Crippen LogP contribution in [0.2, 0.25) is 5.02 Å². The fourth-order valence-electron chi connectivity index (χ4n) is 1.91. The first kappa shape index (κ1) is 14.4. The van der Waals surface area contributed by atoms with Gasteiger partial charge in [-0.2, -0.15) is 5.26 Å². The van der Waals surface area contributed by atoms with Crippen molar-refractivity contribution < 1.29 is 4.74 Å². The maximum atomic E-state index is 9.04.